The fraction of sp³-hybridized carbons (Fsp3) is 0.263. The summed E-state index contributed by atoms with van der Waals surface area (Å²) in [5.74, 6) is -0.317. The Kier molecular flexibility index (Phi) is 7.46. The summed E-state index contributed by atoms with van der Waals surface area (Å²) < 4.78 is 10.7. The van der Waals surface area contributed by atoms with Crippen LogP contribution in [0.4, 0.5) is 5.69 Å². The number of amides is 1. The van der Waals surface area contributed by atoms with Gasteiger partial charge in [0, 0.05) is 12.1 Å². The minimum Gasteiger partial charge on any atom is -0.491 e. The van der Waals surface area contributed by atoms with E-state index in [2.05, 4.69) is 5.32 Å². The normalized spacial score (nSPS) is 10.2. The van der Waals surface area contributed by atoms with Gasteiger partial charge in [-0.05, 0) is 36.2 Å². The Morgan fingerprint density at radius 3 is 2.36 bits per heavy atom. The number of para-hydroxylation sites is 1. The smallest absolute Gasteiger partial charge is 0.303 e. The lowest BCUT2D eigenvalue weighted by Crippen LogP contribution is -2.20. The highest BCUT2D eigenvalue weighted by molar-refractivity contribution is 5.91. The van der Waals surface area contributed by atoms with Crippen molar-refractivity contribution >= 4 is 17.6 Å². The summed E-state index contributed by atoms with van der Waals surface area (Å²) in [5, 5.41) is 11.4. The predicted octanol–water partition coefficient (Wildman–Crippen LogP) is 2.74. The van der Waals surface area contributed by atoms with E-state index in [1.165, 1.54) is 0 Å². The number of hydrogen-bond acceptors (Lipinski definition) is 4. The van der Waals surface area contributed by atoms with Crippen molar-refractivity contribution in [2.24, 2.45) is 0 Å². The Bertz CT molecular complexity index is 670. The van der Waals surface area contributed by atoms with Crippen molar-refractivity contribution in [3.8, 4) is 5.75 Å². The molecule has 2 aromatic carbocycles. The highest BCUT2D eigenvalue weighted by Gasteiger charge is 2.04. The highest BCUT2D eigenvalue weighted by atomic mass is 16.5. The molecule has 0 aromatic heterocycles. The molecule has 25 heavy (non-hydrogen) atoms. The number of carboxylic acid groups (broad SMARTS) is 1. The first-order valence-corrected chi connectivity index (χ1v) is 7.99. The largest absolute Gasteiger partial charge is 0.491 e. The summed E-state index contributed by atoms with van der Waals surface area (Å²) >= 11 is 0. The summed E-state index contributed by atoms with van der Waals surface area (Å²) in [7, 11) is 0. The number of rotatable bonds is 10. The Morgan fingerprint density at radius 1 is 0.960 bits per heavy atom. The first-order valence-electron chi connectivity index (χ1n) is 7.99. The quantitative estimate of drug-likeness (QED) is 0.648. The zero-order valence-electron chi connectivity index (χ0n) is 13.8. The lowest BCUT2D eigenvalue weighted by molar-refractivity contribution is -0.137. The van der Waals surface area contributed by atoms with Crippen molar-refractivity contribution in [3.05, 3.63) is 60.2 Å². The molecule has 2 rings (SSSR count). The lowest BCUT2D eigenvalue weighted by Gasteiger charge is -2.08. The second kappa shape index (κ2) is 10.1. The molecule has 0 radical (unpaired) electrons. The summed E-state index contributed by atoms with van der Waals surface area (Å²) in [6.45, 7) is 0.630. The molecule has 0 fully saturated rings. The number of aryl methyl sites for hydroxylation is 1. The summed E-state index contributed by atoms with van der Waals surface area (Å²) in [4.78, 5) is 22.3. The van der Waals surface area contributed by atoms with Crippen LogP contribution in [-0.2, 0) is 20.7 Å². The molecule has 0 aliphatic rings. The van der Waals surface area contributed by atoms with E-state index in [0.717, 1.165) is 11.3 Å². The molecule has 2 aromatic rings. The van der Waals surface area contributed by atoms with E-state index >= 15 is 0 Å². The van der Waals surface area contributed by atoms with Gasteiger partial charge in [0.2, 0.25) is 5.91 Å². The van der Waals surface area contributed by atoms with Gasteiger partial charge in [-0.15, -0.1) is 0 Å². The van der Waals surface area contributed by atoms with Gasteiger partial charge < -0.3 is 19.9 Å². The zero-order chi connectivity index (χ0) is 17.9. The van der Waals surface area contributed by atoms with Gasteiger partial charge >= 0.3 is 5.97 Å². The number of anilines is 1. The van der Waals surface area contributed by atoms with Gasteiger partial charge in [-0.2, -0.15) is 0 Å². The van der Waals surface area contributed by atoms with E-state index in [1.807, 2.05) is 30.3 Å². The zero-order valence-corrected chi connectivity index (χ0v) is 13.8. The van der Waals surface area contributed by atoms with Crippen LogP contribution in [0.25, 0.3) is 0 Å². The summed E-state index contributed by atoms with van der Waals surface area (Å²) in [6.07, 6.45) is 0.554. The molecule has 6 nitrogen and oxygen atoms in total. The standard InChI is InChI=1S/C19H21NO5/c21-18(14-24-12-13-25-17-4-2-1-3-5-17)20-16-9-6-15(7-10-16)8-11-19(22)23/h1-7,9-10H,8,11-14H2,(H,20,21)(H,22,23). The molecule has 0 saturated carbocycles. The second-order valence-electron chi connectivity index (χ2n) is 5.35. The van der Waals surface area contributed by atoms with Crippen LogP contribution in [0.5, 0.6) is 5.75 Å². The molecule has 6 heteroatoms. The number of ether oxygens (including phenoxy) is 2. The Labute approximate surface area is 146 Å². The van der Waals surface area contributed by atoms with Crippen molar-refractivity contribution in [1.29, 1.82) is 0 Å². The third-order valence-corrected chi connectivity index (χ3v) is 3.34. The minimum absolute atomic E-state index is 0.0566. The van der Waals surface area contributed by atoms with Crippen LogP contribution in [0.2, 0.25) is 0 Å². The Hall–Kier alpha value is -2.86. The molecule has 132 valence electrons. The molecule has 0 aliphatic heterocycles. The number of benzene rings is 2. The van der Waals surface area contributed by atoms with Gasteiger partial charge in [-0.3, -0.25) is 9.59 Å². The average molecular weight is 343 g/mol. The number of carbonyl (C=O) groups is 2. The molecule has 1 amide bonds. The molecular weight excluding hydrogens is 322 g/mol. The number of aliphatic carboxylic acids is 1. The maximum absolute atomic E-state index is 11.8. The van der Waals surface area contributed by atoms with Crippen LogP contribution in [0.3, 0.4) is 0 Å². The molecule has 0 saturated heterocycles. The number of hydrogen-bond donors (Lipinski definition) is 2. The maximum atomic E-state index is 11.8. The van der Waals surface area contributed by atoms with E-state index in [1.54, 1.807) is 24.3 Å². The molecule has 0 aliphatic carbocycles. The lowest BCUT2D eigenvalue weighted by atomic mass is 10.1. The average Bonchev–Trinajstić information content (AvgIpc) is 2.61. The number of nitrogens with one attached hydrogen (secondary N) is 1. The van der Waals surface area contributed by atoms with Crippen LogP contribution in [0.1, 0.15) is 12.0 Å². The minimum atomic E-state index is -0.828. The molecule has 0 heterocycles. The number of carboxylic acids is 1. The van der Waals surface area contributed by atoms with Crippen LogP contribution < -0.4 is 10.1 Å². The molecular formula is C19H21NO5. The van der Waals surface area contributed by atoms with E-state index in [9.17, 15) is 9.59 Å². The van der Waals surface area contributed by atoms with E-state index < -0.39 is 5.97 Å². The fourth-order valence-electron chi connectivity index (χ4n) is 2.10. The van der Waals surface area contributed by atoms with Gasteiger partial charge in [0.1, 0.15) is 19.0 Å². The van der Waals surface area contributed by atoms with Gasteiger partial charge in [0.15, 0.2) is 0 Å². The third-order valence-electron chi connectivity index (χ3n) is 3.34. The Balaban J connectivity index is 1.62. The van der Waals surface area contributed by atoms with E-state index in [0.29, 0.717) is 25.3 Å². The van der Waals surface area contributed by atoms with Crippen LogP contribution >= 0.6 is 0 Å². The molecule has 0 spiro atoms. The van der Waals surface area contributed by atoms with Gasteiger partial charge in [-0.1, -0.05) is 30.3 Å². The van der Waals surface area contributed by atoms with Crippen molar-refractivity contribution in [2.75, 3.05) is 25.1 Å². The van der Waals surface area contributed by atoms with Crippen LogP contribution in [0, 0.1) is 0 Å². The maximum Gasteiger partial charge on any atom is 0.303 e. The molecule has 2 N–H and O–H groups in total. The monoisotopic (exact) mass is 343 g/mol. The van der Waals surface area contributed by atoms with E-state index in [-0.39, 0.29) is 18.9 Å². The third kappa shape index (κ3) is 7.50. The van der Waals surface area contributed by atoms with Crippen LogP contribution in [0.15, 0.2) is 54.6 Å². The van der Waals surface area contributed by atoms with Gasteiger partial charge in [0.05, 0.1) is 6.61 Å². The number of carbonyl (C=O) groups excluding carboxylic acids is 1. The molecule has 0 bridgehead atoms. The topological polar surface area (TPSA) is 84.9 Å². The second-order valence-corrected chi connectivity index (χ2v) is 5.35. The highest BCUT2D eigenvalue weighted by Crippen LogP contribution is 2.11. The molecule has 0 unspecified atom stereocenters. The summed E-state index contributed by atoms with van der Waals surface area (Å²) in [6, 6.07) is 16.5. The molecule has 0 atom stereocenters. The first-order chi connectivity index (χ1) is 12.1. The van der Waals surface area contributed by atoms with Crippen molar-refractivity contribution in [3.63, 3.8) is 0 Å². The predicted molar refractivity (Wildman–Crippen MR) is 93.8 cm³/mol. The fourth-order valence-corrected chi connectivity index (χ4v) is 2.10. The van der Waals surface area contributed by atoms with Crippen molar-refractivity contribution in [2.45, 2.75) is 12.8 Å². The SMILES string of the molecule is O=C(O)CCc1ccc(NC(=O)COCCOc2ccccc2)cc1. The van der Waals surface area contributed by atoms with Crippen LogP contribution in [-0.4, -0.2) is 36.8 Å². The van der Waals surface area contributed by atoms with Gasteiger partial charge in [0.25, 0.3) is 0 Å². The van der Waals surface area contributed by atoms with E-state index in [4.69, 9.17) is 14.6 Å². The van der Waals surface area contributed by atoms with Crippen molar-refractivity contribution in [1.82, 2.24) is 0 Å². The van der Waals surface area contributed by atoms with Gasteiger partial charge in [-0.25, -0.2) is 0 Å². The van der Waals surface area contributed by atoms with Crippen molar-refractivity contribution < 1.29 is 24.2 Å². The Morgan fingerprint density at radius 2 is 1.68 bits per heavy atom. The first kappa shape index (κ1) is 18.5. The summed E-state index contributed by atoms with van der Waals surface area (Å²) in [5.41, 5.74) is 1.56.